The molecule has 23 heavy (non-hydrogen) atoms. The monoisotopic (exact) mass is 309 g/mol. The second-order valence-corrected chi connectivity index (χ2v) is 5.98. The first-order chi connectivity index (χ1) is 11.3. The summed E-state index contributed by atoms with van der Waals surface area (Å²) in [5.41, 5.74) is 2.02. The van der Waals surface area contributed by atoms with Gasteiger partial charge in [0.25, 0.3) is 0 Å². The summed E-state index contributed by atoms with van der Waals surface area (Å²) in [6.45, 7) is 0.752. The van der Waals surface area contributed by atoms with Gasteiger partial charge >= 0.3 is 0 Å². The molecule has 0 N–H and O–H groups in total. The number of hydrogen-bond donors (Lipinski definition) is 0. The van der Waals surface area contributed by atoms with E-state index in [-0.39, 0.29) is 0 Å². The molecule has 0 saturated heterocycles. The van der Waals surface area contributed by atoms with Crippen molar-refractivity contribution in [1.29, 1.82) is 0 Å². The number of anilines is 1. The summed E-state index contributed by atoms with van der Waals surface area (Å²) in [5, 5.41) is 8.72. The van der Waals surface area contributed by atoms with Crippen LogP contribution in [0.15, 0.2) is 36.7 Å². The predicted molar refractivity (Wildman–Crippen MR) is 87.9 cm³/mol. The molecule has 118 valence electrons. The Bertz CT molecular complexity index is 823. The van der Waals surface area contributed by atoms with Crippen molar-refractivity contribution in [1.82, 2.24) is 19.6 Å². The highest BCUT2D eigenvalue weighted by atomic mass is 16.5. The van der Waals surface area contributed by atoms with Crippen LogP contribution in [0.2, 0.25) is 0 Å². The van der Waals surface area contributed by atoms with Crippen LogP contribution in [0.3, 0.4) is 0 Å². The van der Waals surface area contributed by atoms with Crippen LogP contribution >= 0.6 is 0 Å². The van der Waals surface area contributed by atoms with Gasteiger partial charge in [-0.25, -0.2) is 4.98 Å². The largest absolute Gasteiger partial charge is 0.497 e. The van der Waals surface area contributed by atoms with Gasteiger partial charge in [-0.15, -0.1) is 10.2 Å². The van der Waals surface area contributed by atoms with Crippen molar-refractivity contribution < 1.29 is 4.74 Å². The third kappa shape index (κ3) is 2.60. The summed E-state index contributed by atoms with van der Waals surface area (Å²) >= 11 is 0. The fourth-order valence-electron chi connectivity index (χ4n) is 2.80. The molecule has 0 aliphatic heterocycles. The van der Waals surface area contributed by atoms with E-state index in [9.17, 15) is 0 Å². The maximum Gasteiger partial charge on any atom is 0.203 e. The average Bonchev–Trinajstić information content (AvgIpc) is 3.34. The molecule has 1 aliphatic rings. The van der Waals surface area contributed by atoms with Gasteiger partial charge in [0.15, 0.2) is 5.82 Å². The second-order valence-electron chi connectivity index (χ2n) is 5.98. The Balaban J connectivity index is 1.62. The summed E-state index contributed by atoms with van der Waals surface area (Å²) in [7, 11) is 3.70. The molecule has 0 radical (unpaired) electrons. The number of nitrogens with zero attached hydrogens (tertiary/aromatic N) is 5. The minimum atomic E-state index is 0.562. The van der Waals surface area contributed by atoms with Gasteiger partial charge in [-0.1, -0.05) is 12.1 Å². The van der Waals surface area contributed by atoms with Crippen LogP contribution in [0.4, 0.5) is 5.82 Å². The molecule has 6 heteroatoms. The van der Waals surface area contributed by atoms with Gasteiger partial charge in [0.1, 0.15) is 11.6 Å². The van der Waals surface area contributed by atoms with Crippen molar-refractivity contribution in [2.45, 2.75) is 25.3 Å². The van der Waals surface area contributed by atoms with E-state index < -0.39 is 0 Å². The molecule has 1 saturated carbocycles. The van der Waals surface area contributed by atoms with Crippen molar-refractivity contribution >= 4 is 11.5 Å². The van der Waals surface area contributed by atoms with Crippen LogP contribution in [-0.2, 0) is 6.54 Å². The molecule has 0 amide bonds. The Morgan fingerprint density at radius 2 is 2.00 bits per heavy atom. The Labute approximate surface area is 134 Å². The Morgan fingerprint density at radius 1 is 1.22 bits per heavy atom. The smallest absolute Gasteiger partial charge is 0.203 e. The molecular formula is C17H19N5O. The van der Waals surface area contributed by atoms with Gasteiger partial charge < -0.3 is 9.64 Å². The van der Waals surface area contributed by atoms with Gasteiger partial charge in [0.05, 0.1) is 7.11 Å². The highest BCUT2D eigenvalue weighted by molar-refractivity contribution is 5.63. The van der Waals surface area contributed by atoms with Crippen molar-refractivity contribution in [2.75, 3.05) is 19.1 Å². The fourth-order valence-corrected chi connectivity index (χ4v) is 2.80. The zero-order valence-corrected chi connectivity index (χ0v) is 13.3. The molecule has 0 spiro atoms. The number of methoxy groups -OCH3 is 1. The van der Waals surface area contributed by atoms with Crippen molar-refractivity contribution in [2.24, 2.45) is 0 Å². The van der Waals surface area contributed by atoms with Crippen LogP contribution in [0, 0.1) is 0 Å². The normalized spacial score (nSPS) is 14.2. The standard InChI is InChI=1S/C17H19N5O/c1-21(11-12-3-7-14(23-2)8-4-12)16-17-20-19-15(13-5-6-13)22(17)10-9-18-16/h3-4,7-10,13H,5-6,11H2,1-2H3. The topological polar surface area (TPSA) is 55.5 Å². The number of hydrogen-bond acceptors (Lipinski definition) is 5. The Kier molecular flexibility index (Phi) is 3.37. The van der Waals surface area contributed by atoms with E-state index in [1.54, 1.807) is 7.11 Å². The highest BCUT2D eigenvalue weighted by Crippen LogP contribution is 2.39. The molecular weight excluding hydrogens is 290 g/mol. The first kappa shape index (κ1) is 14.0. The lowest BCUT2D eigenvalue weighted by molar-refractivity contribution is 0.414. The molecule has 2 aromatic heterocycles. The zero-order valence-electron chi connectivity index (χ0n) is 13.3. The quantitative estimate of drug-likeness (QED) is 0.725. The summed E-state index contributed by atoms with van der Waals surface area (Å²) in [5.74, 6) is 3.33. The number of fused-ring (bicyclic) bond motifs is 1. The van der Waals surface area contributed by atoms with Gasteiger partial charge in [-0.2, -0.15) is 0 Å². The predicted octanol–water partition coefficient (Wildman–Crippen LogP) is 2.65. The van der Waals surface area contributed by atoms with Gasteiger partial charge in [0, 0.05) is 31.9 Å². The van der Waals surface area contributed by atoms with E-state index in [4.69, 9.17) is 4.74 Å². The highest BCUT2D eigenvalue weighted by Gasteiger charge is 2.29. The number of aromatic nitrogens is 4. The second kappa shape index (κ2) is 5.53. The van der Waals surface area contributed by atoms with Crippen molar-refractivity contribution in [3.63, 3.8) is 0 Å². The molecule has 2 heterocycles. The summed E-state index contributed by atoms with van der Waals surface area (Å²) < 4.78 is 7.27. The molecule has 4 rings (SSSR count). The Hall–Kier alpha value is -2.63. The maximum absolute atomic E-state index is 5.20. The lowest BCUT2D eigenvalue weighted by atomic mass is 10.2. The molecule has 1 aromatic carbocycles. The molecule has 1 fully saturated rings. The molecule has 6 nitrogen and oxygen atoms in total. The summed E-state index contributed by atoms with van der Waals surface area (Å²) in [4.78, 5) is 6.61. The maximum atomic E-state index is 5.20. The first-order valence-electron chi connectivity index (χ1n) is 7.80. The van der Waals surface area contributed by atoms with Crippen molar-refractivity contribution in [3.05, 3.63) is 48.0 Å². The molecule has 0 atom stereocenters. The lowest BCUT2D eigenvalue weighted by Crippen LogP contribution is -2.18. The van der Waals surface area contributed by atoms with Crippen LogP contribution in [0.5, 0.6) is 5.75 Å². The zero-order chi connectivity index (χ0) is 15.8. The molecule has 1 aliphatic carbocycles. The molecule has 0 unspecified atom stereocenters. The third-order valence-electron chi connectivity index (χ3n) is 4.22. The number of rotatable bonds is 5. The summed E-state index contributed by atoms with van der Waals surface area (Å²) in [6.07, 6.45) is 6.19. The van der Waals surface area contributed by atoms with E-state index >= 15 is 0 Å². The van der Waals surface area contributed by atoms with E-state index in [1.807, 2.05) is 31.6 Å². The van der Waals surface area contributed by atoms with Crippen LogP contribution in [0.25, 0.3) is 5.65 Å². The van der Waals surface area contributed by atoms with Gasteiger partial charge in [0.2, 0.25) is 5.65 Å². The fraction of sp³-hybridized carbons (Fsp3) is 0.353. The molecule has 3 aromatic rings. The first-order valence-corrected chi connectivity index (χ1v) is 7.80. The van der Waals surface area contributed by atoms with Crippen LogP contribution in [-0.4, -0.2) is 33.7 Å². The average molecular weight is 309 g/mol. The van der Waals surface area contributed by atoms with E-state index in [1.165, 1.54) is 18.4 Å². The number of ether oxygens (including phenoxy) is 1. The third-order valence-corrected chi connectivity index (χ3v) is 4.22. The minimum absolute atomic E-state index is 0.562. The minimum Gasteiger partial charge on any atom is -0.497 e. The summed E-state index contributed by atoms with van der Waals surface area (Å²) in [6, 6.07) is 8.07. The van der Waals surface area contributed by atoms with E-state index in [2.05, 4.69) is 36.6 Å². The van der Waals surface area contributed by atoms with Gasteiger partial charge in [-0.05, 0) is 30.5 Å². The Morgan fingerprint density at radius 3 is 2.70 bits per heavy atom. The van der Waals surface area contributed by atoms with Gasteiger partial charge in [-0.3, -0.25) is 4.40 Å². The van der Waals surface area contributed by atoms with Crippen molar-refractivity contribution in [3.8, 4) is 5.75 Å². The van der Waals surface area contributed by atoms with Crippen LogP contribution < -0.4 is 9.64 Å². The van der Waals surface area contributed by atoms with Crippen LogP contribution in [0.1, 0.15) is 30.1 Å². The van der Waals surface area contributed by atoms with E-state index in [0.29, 0.717) is 5.92 Å². The van der Waals surface area contributed by atoms with E-state index in [0.717, 1.165) is 29.6 Å². The lowest BCUT2D eigenvalue weighted by Gasteiger charge is -2.18. The SMILES string of the molecule is COc1ccc(CN(C)c2nccn3c(C4CC4)nnc23)cc1. The molecule has 0 bridgehead atoms. The number of benzene rings is 1.